The van der Waals surface area contributed by atoms with Gasteiger partial charge >= 0.3 is 12.1 Å². The van der Waals surface area contributed by atoms with Crippen molar-refractivity contribution in [3.05, 3.63) is 238 Å². The van der Waals surface area contributed by atoms with E-state index >= 15 is 4.79 Å². The smallest absolute Gasteiger partial charge is 0.410 e. The maximum Gasteiger partial charge on any atom is 0.410 e. The predicted molar refractivity (Wildman–Crippen MR) is 274 cm³/mol. The summed E-state index contributed by atoms with van der Waals surface area (Å²) in [6, 6.07) is 57.9. The molecule has 1 aromatic heterocycles. The van der Waals surface area contributed by atoms with Crippen molar-refractivity contribution in [1.82, 2.24) is 20.1 Å². The van der Waals surface area contributed by atoms with Gasteiger partial charge in [0.2, 0.25) is 5.60 Å². The van der Waals surface area contributed by atoms with Crippen LogP contribution in [-0.2, 0) is 35.1 Å². The highest BCUT2D eigenvalue weighted by Gasteiger charge is 2.55. The summed E-state index contributed by atoms with van der Waals surface area (Å²) < 4.78 is 5.52. The van der Waals surface area contributed by atoms with Gasteiger partial charge in [0.25, 0.3) is 11.8 Å². The number of aromatic nitrogens is 1. The number of aliphatic carboxylic acids is 1. The first kappa shape index (κ1) is 46.7. The number of thiazole rings is 1. The topological polar surface area (TPSA) is 163 Å². The highest BCUT2D eigenvalue weighted by atomic mass is 32.2. The lowest BCUT2D eigenvalue weighted by Crippen LogP contribution is -2.71. The van der Waals surface area contributed by atoms with Crippen LogP contribution in [0.5, 0.6) is 0 Å². The van der Waals surface area contributed by atoms with E-state index in [1.165, 1.54) is 23.1 Å². The standard InChI is InChI=1S/C56H48N6O7S2/c63-49(58-47-50(64)62-48(52(65)66)38(36-70-51(47)62)35-68-54(67)61-33-19-20-34-61)46(60-69-56(42-27-13-4-14-28-42,43-29-15-5-16-30-43)44-31-17-6-18-32-44)45-37-71-53(57-45)59-55(39-21-7-1-8-22-39,40-23-9-2-10-24-40)41-25-11-3-12-26-41/h1-18,21-32,37,47,51H,19-20,33-36H2,(H,57,59)(H,58,63)(H,65,66)/t47?,51-/m0/s1. The van der Waals surface area contributed by atoms with Crippen molar-refractivity contribution >= 4 is 57.8 Å². The van der Waals surface area contributed by atoms with Crippen molar-refractivity contribution < 1.29 is 33.9 Å². The van der Waals surface area contributed by atoms with Crippen LogP contribution in [0.3, 0.4) is 0 Å². The number of fused-ring (bicyclic) bond motifs is 1. The fraction of sp³-hybridized carbons (Fsp3) is 0.179. The predicted octanol–water partition coefficient (Wildman–Crippen LogP) is 9.23. The summed E-state index contributed by atoms with van der Waals surface area (Å²) in [5.41, 5.74) is 2.69. The summed E-state index contributed by atoms with van der Waals surface area (Å²) in [4.78, 5) is 69.4. The Labute approximate surface area is 418 Å². The van der Waals surface area contributed by atoms with Gasteiger partial charge in [-0.3, -0.25) is 14.5 Å². The van der Waals surface area contributed by atoms with Gasteiger partial charge < -0.3 is 30.2 Å². The van der Waals surface area contributed by atoms with Gasteiger partial charge in [0.1, 0.15) is 35.0 Å². The summed E-state index contributed by atoms with van der Waals surface area (Å²) in [6.45, 7) is 0.865. The number of benzene rings is 6. The van der Waals surface area contributed by atoms with E-state index in [1.54, 1.807) is 10.3 Å². The molecule has 2 saturated heterocycles. The van der Waals surface area contributed by atoms with Gasteiger partial charge in [0.05, 0.1) is 0 Å². The third-order valence-electron chi connectivity index (χ3n) is 13.0. The molecule has 4 heterocycles. The average Bonchev–Trinajstić information content (AvgIpc) is 4.15. The molecule has 1 unspecified atom stereocenters. The number of carbonyl (C=O) groups excluding carboxylic acids is 3. The van der Waals surface area contributed by atoms with Crippen molar-refractivity contribution in [2.75, 3.05) is 30.8 Å². The number of nitrogens with one attached hydrogen (secondary N) is 2. The van der Waals surface area contributed by atoms with Crippen LogP contribution >= 0.6 is 23.1 Å². The molecule has 0 aliphatic carbocycles. The molecule has 71 heavy (non-hydrogen) atoms. The Balaban J connectivity index is 1.04. The molecule has 3 amide bonds. The van der Waals surface area contributed by atoms with E-state index in [9.17, 15) is 19.5 Å². The molecule has 0 radical (unpaired) electrons. The fourth-order valence-electron chi connectivity index (χ4n) is 9.52. The Kier molecular flexibility index (Phi) is 13.5. The van der Waals surface area contributed by atoms with Crippen LogP contribution in [0.15, 0.2) is 204 Å². The van der Waals surface area contributed by atoms with E-state index in [0.29, 0.717) is 23.8 Å². The number of likely N-dealkylation sites (tertiary alicyclic amines) is 1. The molecule has 2 fully saturated rings. The second-order valence-electron chi connectivity index (χ2n) is 17.2. The van der Waals surface area contributed by atoms with Crippen molar-refractivity contribution in [2.24, 2.45) is 5.16 Å². The van der Waals surface area contributed by atoms with Gasteiger partial charge in [-0.15, -0.1) is 23.1 Å². The quantitative estimate of drug-likeness (QED) is 0.0368. The van der Waals surface area contributed by atoms with Gasteiger partial charge in [0, 0.05) is 46.5 Å². The Hall–Kier alpha value is -8.01. The van der Waals surface area contributed by atoms with Crippen LogP contribution in [0.2, 0.25) is 0 Å². The van der Waals surface area contributed by atoms with Crippen molar-refractivity contribution in [3.8, 4) is 0 Å². The van der Waals surface area contributed by atoms with E-state index in [0.717, 1.165) is 51.1 Å². The van der Waals surface area contributed by atoms with Crippen LogP contribution in [0.1, 0.15) is 51.9 Å². The van der Waals surface area contributed by atoms with Crippen LogP contribution in [0.25, 0.3) is 0 Å². The summed E-state index contributed by atoms with van der Waals surface area (Å²) in [5.74, 6) is -2.59. The minimum atomic E-state index is -1.38. The molecule has 15 heteroatoms. The fourth-order valence-corrected chi connectivity index (χ4v) is 11.6. The largest absolute Gasteiger partial charge is 0.477 e. The van der Waals surface area contributed by atoms with E-state index in [-0.39, 0.29) is 29.5 Å². The van der Waals surface area contributed by atoms with Crippen molar-refractivity contribution in [3.63, 3.8) is 0 Å². The summed E-state index contributed by atoms with van der Waals surface area (Å²) in [5, 5.41) is 23.3. The van der Waals surface area contributed by atoms with Gasteiger partial charge in [-0.1, -0.05) is 187 Å². The Morgan fingerprint density at radius 2 is 1.15 bits per heavy atom. The number of hydrogen-bond acceptors (Lipinski definition) is 11. The number of amides is 3. The molecule has 2 atom stereocenters. The van der Waals surface area contributed by atoms with Gasteiger partial charge in [-0.05, 0) is 29.5 Å². The number of β-lactam (4-membered cyclic amide) rings is 1. The molecule has 3 N–H and O–H groups in total. The summed E-state index contributed by atoms with van der Waals surface area (Å²) in [6.07, 6.45) is 1.22. The molecule has 3 aliphatic rings. The van der Waals surface area contributed by atoms with Gasteiger partial charge in [-0.25, -0.2) is 14.6 Å². The first-order valence-electron chi connectivity index (χ1n) is 23.2. The number of carboxylic acids is 1. The molecule has 0 bridgehead atoms. The molecule has 0 spiro atoms. The monoisotopic (exact) mass is 980 g/mol. The lowest BCUT2D eigenvalue weighted by Gasteiger charge is -2.49. The number of anilines is 1. The average molecular weight is 981 g/mol. The van der Waals surface area contributed by atoms with Crippen LogP contribution in [0.4, 0.5) is 9.93 Å². The molecule has 3 aliphatic heterocycles. The zero-order chi connectivity index (χ0) is 48.8. The second kappa shape index (κ2) is 20.5. The number of nitrogens with zero attached hydrogens (tertiary/aromatic N) is 4. The lowest BCUT2D eigenvalue weighted by atomic mass is 9.77. The molecule has 356 valence electrons. The van der Waals surface area contributed by atoms with E-state index in [4.69, 9.17) is 19.7 Å². The van der Waals surface area contributed by atoms with Gasteiger partial charge in [0.15, 0.2) is 10.8 Å². The number of hydrogen-bond donors (Lipinski definition) is 3. The van der Waals surface area contributed by atoms with E-state index < -0.39 is 46.4 Å². The minimum absolute atomic E-state index is 0.153. The minimum Gasteiger partial charge on any atom is -0.477 e. The highest BCUT2D eigenvalue weighted by Crippen LogP contribution is 2.44. The molecular weight excluding hydrogens is 933 g/mol. The van der Waals surface area contributed by atoms with E-state index in [2.05, 4.69) is 47.0 Å². The highest BCUT2D eigenvalue weighted by molar-refractivity contribution is 8.00. The van der Waals surface area contributed by atoms with E-state index in [1.807, 2.05) is 146 Å². The Morgan fingerprint density at radius 3 is 1.62 bits per heavy atom. The van der Waals surface area contributed by atoms with Crippen LogP contribution in [0, 0.1) is 0 Å². The second-order valence-corrected chi connectivity index (χ2v) is 19.2. The van der Waals surface area contributed by atoms with Crippen molar-refractivity contribution in [2.45, 2.75) is 35.4 Å². The van der Waals surface area contributed by atoms with Gasteiger partial charge in [-0.2, -0.15) is 0 Å². The first-order chi connectivity index (χ1) is 34.8. The number of oxime groups is 1. The first-order valence-corrected chi connectivity index (χ1v) is 25.2. The number of carboxylic acid groups (broad SMARTS) is 1. The molecule has 0 saturated carbocycles. The third kappa shape index (κ3) is 9.05. The lowest BCUT2D eigenvalue weighted by molar-refractivity contribution is -0.150. The Bertz CT molecular complexity index is 2890. The third-order valence-corrected chi connectivity index (χ3v) is 15.1. The summed E-state index contributed by atoms with van der Waals surface area (Å²) in [7, 11) is 0. The molecule has 6 aromatic carbocycles. The SMILES string of the molecule is O=C(O)C1=C(COC(=O)N2CCCC2)CS[C@H]2C(NC(=O)C(=NOC(c3ccccc3)(c3ccccc3)c3ccccc3)c3csc(NC(c4ccccc4)(c4ccccc4)c4ccccc4)n3)C(=O)N12. The zero-order valence-corrected chi connectivity index (χ0v) is 39.9. The normalized spacial score (nSPS) is 17.0. The number of carbonyl (C=O) groups is 4. The molecule has 7 aromatic rings. The maximum absolute atomic E-state index is 15.1. The zero-order valence-electron chi connectivity index (χ0n) is 38.3. The van der Waals surface area contributed by atoms with Crippen LogP contribution < -0.4 is 10.6 Å². The van der Waals surface area contributed by atoms with Crippen LogP contribution in [-0.4, -0.2) is 86.3 Å². The van der Waals surface area contributed by atoms with Crippen molar-refractivity contribution in [1.29, 1.82) is 0 Å². The number of rotatable bonds is 16. The number of ether oxygens (including phenoxy) is 1. The molecule has 13 nitrogen and oxygen atoms in total. The summed E-state index contributed by atoms with van der Waals surface area (Å²) >= 11 is 2.55. The molecular formula is C56H48N6O7S2. The molecule has 10 rings (SSSR count). The number of thioether (sulfide) groups is 1. The maximum atomic E-state index is 15.1. The Morgan fingerprint density at radius 1 is 0.690 bits per heavy atom.